The number of carbonyl (C=O) groups is 1. The van der Waals surface area contributed by atoms with E-state index in [1.165, 1.54) is 16.0 Å². The molecule has 4 aromatic rings. The number of amides is 1. The van der Waals surface area contributed by atoms with Gasteiger partial charge in [0, 0.05) is 18.3 Å². The lowest BCUT2D eigenvalue weighted by atomic mass is 10.0. The third-order valence-electron chi connectivity index (χ3n) is 6.19. The van der Waals surface area contributed by atoms with E-state index < -0.39 is 35.4 Å². The minimum atomic E-state index is -4.62. The first kappa shape index (κ1) is 24.2. The topological polar surface area (TPSA) is 85.9 Å². The first-order chi connectivity index (χ1) is 17.1. The second-order valence-electron chi connectivity index (χ2n) is 8.35. The van der Waals surface area contributed by atoms with E-state index in [0.717, 1.165) is 0 Å². The summed E-state index contributed by atoms with van der Waals surface area (Å²) < 4.78 is 45.5. The molecule has 1 aliphatic heterocycles. The molecule has 0 saturated carbocycles. The predicted octanol–water partition coefficient (Wildman–Crippen LogP) is 5.31. The van der Waals surface area contributed by atoms with E-state index >= 15 is 0 Å². The molecule has 13 heteroatoms. The van der Waals surface area contributed by atoms with Crippen LogP contribution in [-0.4, -0.2) is 31.2 Å². The average Bonchev–Trinajstić information content (AvgIpc) is 3.54. The number of thiophene rings is 1. The smallest absolute Gasteiger partial charge is 0.361 e. The first-order valence-corrected chi connectivity index (χ1v) is 12.1. The van der Waals surface area contributed by atoms with Crippen molar-refractivity contribution in [3.05, 3.63) is 79.5 Å². The molecule has 0 saturated heterocycles. The van der Waals surface area contributed by atoms with Gasteiger partial charge in [-0.15, -0.1) is 11.3 Å². The summed E-state index contributed by atoms with van der Waals surface area (Å²) in [5.41, 5.74) is 0.0975. The van der Waals surface area contributed by atoms with Crippen LogP contribution in [0.1, 0.15) is 39.6 Å². The van der Waals surface area contributed by atoms with Gasteiger partial charge in [-0.05, 0) is 30.5 Å². The Balaban J connectivity index is 1.52. The summed E-state index contributed by atoms with van der Waals surface area (Å²) in [6.07, 6.45) is -4.93. The Bertz CT molecular complexity index is 1490. The van der Waals surface area contributed by atoms with E-state index in [-0.39, 0.29) is 22.9 Å². The van der Waals surface area contributed by atoms with Gasteiger partial charge in [0.2, 0.25) is 0 Å². The molecule has 36 heavy (non-hydrogen) atoms. The number of nitrogens with one attached hydrogen (secondary N) is 2. The number of fused-ring (bicyclic) bond motifs is 1. The van der Waals surface area contributed by atoms with E-state index in [0.29, 0.717) is 20.9 Å². The van der Waals surface area contributed by atoms with Crippen LogP contribution in [0.4, 0.5) is 24.7 Å². The molecule has 1 aliphatic rings. The van der Waals surface area contributed by atoms with Gasteiger partial charge < -0.3 is 10.6 Å². The maximum Gasteiger partial charge on any atom is 0.410 e. The fourth-order valence-corrected chi connectivity index (χ4v) is 5.35. The fraction of sp³-hybridized carbons (Fsp3) is 0.261. The zero-order valence-electron chi connectivity index (χ0n) is 19.0. The van der Waals surface area contributed by atoms with E-state index in [1.807, 2.05) is 0 Å². The molecule has 3 aromatic heterocycles. The molecule has 0 fully saturated rings. The number of anilines is 2. The monoisotopic (exact) mass is 536 g/mol. The zero-order chi connectivity index (χ0) is 25.8. The quantitative estimate of drug-likeness (QED) is 0.370. The molecule has 2 atom stereocenters. The molecular weight excluding hydrogens is 517 g/mol. The van der Waals surface area contributed by atoms with Crippen LogP contribution in [0.2, 0.25) is 5.02 Å². The lowest BCUT2D eigenvalue weighted by Gasteiger charge is -2.32. The number of alkyl halides is 3. The normalized spacial score (nSPS) is 17.5. The van der Waals surface area contributed by atoms with Gasteiger partial charge in [-0.3, -0.25) is 14.3 Å². The summed E-state index contributed by atoms with van der Waals surface area (Å²) in [7, 11) is 1.66. The molecule has 4 heterocycles. The Hall–Kier alpha value is -3.51. The first-order valence-electron chi connectivity index (χ1n) is 10.9. The van der Waals surface area contributed by atoms with Crippen molar-refractivity contribution in [3.63, 3.8) is 0 Å². The third-order valence-corrected chi connectivity index (χ3v) is 7.53. The van der Waals surface area contributed by atoms with Crippen LogP contribution in [0.25, 0.3) is 5.69 Å². The average molecular weight is 537 g/mol. The summed E-state index contributed by atoms with van der Waals surface area (Å²) in [4.78, 5) is 27.0. The number of para-hydroxylation sites is 1. The molecule has 8 nitrogen and oxygen atoms in total. The number of rotatable bonds is 4. The van der Waals surface area contributed by atoms with Gasteiger partial charge in [-0.1, -0.05) is 35.9 Å². The van der Waals surface area contributed by atoms with Gasteiger partial charge in [-0.2, -0.15) is 18.3 Å². The van der Waals surface area contributed by atoms with Gasteiger partial charge in [-0.25, -0.2) is 9.36 Å². The van der Waals surface area contributed by atoms with Crippen molar-refractivity contribution >= 4 is 40.4 Å². The van der Waals surface area contributed by atoms with Crippen LogP contribution in [0.15, 0.2) is 52.6 Å². The van der Waals surface area contributed by atoms with Gasteiger partial charge in [0.05, 0.1) is 17.4 Å². The van der Waals surface area contributed by atoms with Gasteiger partial charge in [0.1, 0.15) is 16.5 Å². The highest BCUT2D eigenvalue weighted by molar-refractivity contribution is 7.10. The van der Waals surface area contributed by atoms with E-state index in [4.69, 9.17) is 11.6 Å². The highest BCUT2D eigenvalue weighted by atomic mass is 35.5. The van der Waals surface area contributed by atoms with Crippen LogP contribution >= 0.6 is 22.9 Å². The molecule has 0 radical (unpaired) electrons. The van der Waals surface area contributed by atoms with Crippen LogP contribution in [0, 0.1) is 6.92 Å². The van der Waals surface area contributed by atoms with Gasteiger partial charge in [0.15, 0.2) is 11.7 Å². The molecule has 0 bridgehead atoms. The van der Waals surface area contributed by atoms with Crippen molar-refractivity contribution in [2.45, 2.75) is 31.6 Å². The predicted molar refractivity (Wildman–Crippen MR) is 131 cm³/mol. The Morgan fingerprint density at radius 2 is 1.94 bits per heavy atom. The van der Waals surface area contributed by atoms with Crippen molar-refractivity contribution < 1.29 is 18.0 Å². The highest BCUT2D eigenvalue weighted by Gasteiger charge is 2.48. The third kappa shape index (κ3) is 3.99. The summed E-state index contributed by atoms with van der Waals surface area (Å²) in [6.45, 7) is 1.64. The Morgan fingerprint density at radius 1 is 1.22 bits per heavy atom. The van der Waals surface area contributed by atoms with Crippen molar-refractivity contribution in [1.29, 1.82) is 0 Å². The Morgan fingerprint density at radius 3 is 2.58 bits per heavy atom. The van der Waals surface area contributed by atoms with E-state index in [9.17, 15) is 22.8 Å². The van der Waals surface area contributed by atoms with Gasteiger partial charge in [0.25, 0.3) is 11.5 Å². The van der Waals surface area contributed by atoms with Crippen molar-refractivity contribution in [1.82, 2.24) is 19.1 Å². The fourth-order valence-electron chi connectivity index (χ4n) is 4.30. The minimum Gasteiger partial charge on any atom is -0.361 e. The van der Waals surface area contributed by atoms with Crippen molar-refractivity contribution in [2.75, 3.05) is 10.6 Å². The molecule has 5 rings (SSSR count). The number of nitrogens with zero attached hydrogens (tertiary/aromatic N) is 4. The SMILES string of the molecule is Cc1c(NC(=O)c2nn3c(c2Cl)N[C@H](c2cccs2)C[C@@H]3C(F)(F)F)c(=O)n(-c2ccccc2)n1C. The molecule has 1 aromatic carbocycles. The second-order valence-corrected chi connectivity index (χ2v) is 9.71. The number of hydrogen-bond acceptors (Lipinski definition) is 5. The lowest BCUT2D eigenvalue weighted by molar-refractivity contribution is -0.173. The van der Waals surface area contributed by atoms with E-state index in [1.54, 1.807) is 66.5 Å². The summed E-state index contributed by atoms with van der Waals surface area (Å²) >= 11 is 7.72. The minimum absolute atomic E-state index is 0.0230. The second kappa shape index (κ2) is 8.86. The Kier molecular flexibility index (Phi) is 5.95. The molecular formula is C23H20ClF3N6O2S. The van der Waals surface area contributed by atoms with Crippen LogP contribution in [0.5, 0.6) is 0 Å². The largest absolute Gasteiger partial charge is 0.410 e. The number of hydrogen-bond donors (Lipinski definition) is 2. The summed E-state index contributed by atoms with van der Waals surface area (Å²) in [5.74, 6) is -0.983. The van der Waals surface area contributed by atoms with Crippen LogP contribution in [0.3, 0.4) is 0 Å². The van der Waals surface area contributed by atoms with Crippen LogP contribution in [-0.2, 0) is 7.05 Å². The lowest BCUT2D eigenvalue weighted by Crippen LogP contribution is -2.35. The van der Waals surface area contributed by atoms with Crippen LogP contribution < -0.4 is 16.2 Å². The van der Waals surface area contributed by atoms with E-state index in [2.05, 4.69) is 15.7 Å². The zero-order valence-corrected chi connectivity index (χ0v) is 20.6. The maximum atomic E-state index is 14.0. The number of benzene rings is 1. The van der Waals surface area contributed by atoms with Gasteiger partial charge >= 0.3 is 6.18 Å². The molecule has 0 spiro atoms. The molecule has 188 valence electrons. The Labute approximate surface area is 211 Å². The molecule has 0 unspecified atom stereocenters. The number of halogens is 4. The van der Waals surface area contributed by atoms with Crippen molar-refractivity contribution in [3.8, 4) is 5.69 Å². The molecule has 1 amide bonds. The standard InChI is InChI=1S/C23H20ClF3N6O2S/c1-12-18(22(35)33(31(12)2)13-7-4-3-5-8-13)29-21(34)19-17(24)20-28-14(15-9-6-10-36-15)11-16(23(25,26)27)32(20)30-19/h3-10,14,16,28H,11H2,1-2H3,(H,29,34)/t14-,16+/m0/s1. The maximum absolute atomic E-state index is 14.0. The summed E-state index contributed by atoms with van der Waals surface area (Å²) in [5, 5.41) is 11.0. The highest BCUT2D eigenvalue weighted by Crippen LogP contribution is 2.46. The van der Waals surface area contributed by atoms with Crippen molar-refractivity contribution in [2.24, 2.45) is 7.05 Å². The summed E-state index contributed by atoms with van der Waals surface area (Å²) in [6, 6.07) is 9.68. The number of aromatic nitrogens is 4. The number of carbonyl (C=O) groups excluding carboxylic acids is 1. The molecule has 2 N–H and O–H groups in total. The molecule has 0 aliphatic carbocycles.